The summed E-state index contributed by atoms with van der Waals surface area (Å²) in [6, 6.07) is 15.9. The van der Waals surface area contributed by atoms with Gasteiger partial charge in [-0.05, 0) is 35.7 Å². The SMILES string of the molecule is COc1ccc(CCc2nccn2Cc2cccc(C(=N)N)c2)cc1. The predicted octanol–water partition coefficient (Wildman–Crippen LogP) is 3.01. The van der Waals surface area contributed by atoms with E-state index in [0.717, 1.165) is 42.1 Å². The average Bonchev–Trinajstić information content (AvgIpc) is 3.07. The van der Waals surface area contributed by atoms with Crippen molar-refractivity contribution >= 4 is 5.84 Å². The average molecular weight is 334 g/mol. The zero-order valence-corrected chi connectivity index (χ0v) is 14.3. The Kier molecular flexibility index (Phi) is 5.14. The second-order valence-electron chi connectivity index (χ2n) is 5.93. The van der Waals surface area contributed by atoms with Crippen LogP contribution in [0.15, 0.2) is 60.9 Å². The molecule has 0 atom stereocenters. The fourth-order valence-corrected chi connectivity index (χ4v) is 2.79. The highest BCUT2D eigenvalue weighted by Crippen LogP contribution is 2.14. The lowest BCUT2D eigenvalue weighted by molar-refractivity contribution is 0.414. The Morgan fingerprint density at radius 1 is 1.12 bits per heavy atom. The van der Waals surface area contributed by atoms with Crippen molar-refractivity contribution in [2.24, 2.45) is 5.73 Å². The summed E-state index contributed by atoms with van der Waals surface area (Å²) in [5.74, 6) is 2.01. The molecule has 0 amide bonds. The number of nitrogens with two attached hydrogens (primary N) is 1. The third-order valence-electron chi connectivity index (χ3n) is 4.19. The largest absolute Gasteiger partial charge is 0.497 e. The van der Waals surface area contributed by atoms with Crippen LogP contribution >= 0.6 is 0 Å². The smallest absolute Gasteiger partial charge is 0.122 e. The van der Waals surface area contributed by atoms with Crippen LogP contribution in [0, 0.1) is 5.41 Å². The van der Waals surface area contributed by atoms with Crippen molar-refractivity contribution in [1.82, 2.24) is 9.55 Å². The lowest BCUT2D eigenvalue weighted by Gasteiger charge is -2.09. The topological polar surface area (TPSA) is 76.9 Å². The van der Waals surface area contributed by atoms with Crippen LogP contribution in [0.5, 0.6) is 5.75 Å². The third-order valence-corrected chi connectivity index (χ3v) is 4.19. The molecule has 0 aliphatic rings. The van der Waals surface area contributed by atoms with E-state index < -0.39 is 0 Å². The van der Waals surface area contributed by atoms with Gasteiger partial charge in [0.15, 0.2) is 0 Å². The Hall–Kier alpha value is -3.08. The first-order chi connectivity index (χ1) is 12.2. The van der Waals surface area contributed by atoms with Gasteiger partial charge in [0.1, 0.15) is 17.4 Å². The molecule has 3 N–H and O–H groups in total. The van der Waals surface area contributed by atoms with Crippen molar-refractivity contribution in [3.8, 4) is 5.75 Å². The molecule has 0 aliphatic carbocycles. The Morgan fingerprint density at radius 3 is 2.64 bits per heavy atom. The maximum atomic E-state index is 7.56. The van der Waals surface area contributed by atoms with E-state index in [9.17, 15) is 0 Å². The molecule has 0 saturated heterocycles. The molecule has 0 bridgehead atoms. The number of nitrogen functional groups attached to an aromatic ring is 1. The van der Waals surface area contributed by atoms with Gasteiger partial charge >= 0.3 is 0 Å². The Bertz CT molecular complexity index is 852. The number of benzene rings is 2. The summed E-state index contributed by atoms with van der Waals surface area (Å²) in [5.41, 5.74) is 8.69. The van der Waals surface area contributed by atoms with Crippen LogP contribution in [0.3, 0.4) is 0 Å². The van der Waals surface area contributed by atoms with Crippen LogP contribution in [0.1, 0.15) is 22.5 Å². The number of aromatic nitrogens is 2. The number of methoxy groups -OCH3 is 1. The first-order valence-electron chi connectivity index (χ1n) is 8.22. The van der Waals surface area contributed by atoms with Crippen molar-refractivity contribution in [1.29, 1.82) is 5.41 Å². The van der Waals surface area contributed by atoms with E-state index in [0.29, 0.717) is 0 Å². The molecule has 0 spiro atoms. The second kappa shape index (κ2) is 7.66. The molecular formula is C20H22N4O. The fourth-order valence-electron chi connectivity index (χ4n) is 2.79. The minimum absolute atomic E-state index is 0.0900. The molecule has 25 heavy (non-hydrogen) atoms. The van der Waals surface area contributed by atoms with E-state index in [-0.39, 0.29) is 5.84 Å². The molecule has 1 heterocycles. The van der Waals surface area contributed by atoms with Crippen LogP contribution < -0.4 is 10.5 Å². The van der Waals surface area contributed by atoms with Crippen LogP contribution in [-0.2, 0) is 19.4 Å². The van der Waals surface area contributed by atoms with Crippen LogP contribution in [0.4, 0.5) is 0 Å². The third kappa shape index (κ3) is 4.26. The first-order valence-corrected chi connectivity index (χ1v) is 8.22. The van der Waals surface area contributed by atoms with Gasteiger partial charge in [-0.2, -0.15) is 0 Å². The molecule has 1 aromatic heterocycles. The molecule has 0 saturated carbocycles. The number of nitrogens with one attached hydrogen (secondary N) is 1. The van der Waals surface area contributed by atoms with Gasteiger partial charge in [-0.15, -0.1) is 0 Å². The molecule has 0 aliphatic heterocycles. The van der Waals surface area contributed by atoms with Gasteiger partial charge in [-0.1, -0.05) is 30.3 Å². The molecular weight excluding hydrogens is 312 g/mol. The van der Waals surface area contributed by atoms with E-state index in [2.05, 4.69) is 21.7 Å². The molecule has 3 rings (SSSR count). The monoisotopic (exact) mass is 334 g/mol. The Morgan fingerprint density at radius 2 is 1.92 bits per heavy atom. The highest BCUT2D eigenvalue weighted by atomic mass is 16.5. The summed E-state index contributed by atoms with van der Waals surface area (Å²) in [6.07, 6.45) is 5.61. The highest BCUT2D eigenvalue weighted by molar-refractivity contribution is 5.95. The van der Waals surface area contributed by atoms with Crippen molar-refractivity contribution in [3.63, 3.8) is 0 Å². The van der Waals surface area contributed by atoms with Gasteiger partial charge in [0.25, 0.3) is 0 Å². The normalized spacial score (nSPS) is 10.6. The van der Waals surface area contributed by atoms with E-state index in [1.165, 1.54) is 5.56 Å². The summed E-state index contributed by atoms with van der Waals surface area (Å²) >= 11 is 0. The van der Waals surface area contributed by atoms with E-state index in [1.807, 2.05) is 48.8 Å². The number of imidazole rings is 1. The number of hydrogen-bond acceptors (Lipinski definition) is 3. The molecule has 5 heteroatoms. The molecule has 0 fully saturated rings. The summed E-state index contributed by atoms with van der Waals surface area (Å²) in [4.78, 5) is 4.49. The van der Waals surface area contributed by atoms with Crippen molar-refractivity contribution < 1.29 is 4.74 Å². The second-order valence-corrected chi connectivity index (χ2v) is 5.93. The van der Waals surface area contributed by atoms with Crippen LogP contribution in [0.2, 0.25) is 0 Å². The lowest BCUT2D eigenvalue weighted by atomic mass is 10.1. The van der Waals surface area contributed by atoms with Gasteiger partial charge in [0.2, 0.25) is 0 Å². The van der Waals surface area contributed by atoms with Gasteiger partial charge < -0.3 is 15.0 Å². The van der Waals surface area contributed by atoms with Gasteiger partial charge in [0.05, 0.1) is 7.11 Å². The summed E-state index contributed by atoms with van der Waals surface area (Å²) < 4.78 is 7.33. The van der Waals surface area contributed by atoms with Crippen LogP contribution in [-0.4, -0.2) is 22.5 Å². The lowest BCUT2D eigenvalue weighted by Crippen LogP contribution is -2.12. The van der Waals surface area contributed by atoms with Gasteiger partial charge in [-0.3, -0.25) is 5.41 Å². The van der Waals surface area contributed by atoms with Gasteiger partial charge in [0, 0.05) is 30.9 Å². The molecule has 0 unspecified atom stereocenters. The van der Waals surface area contributed by atoms with Crippen LogP contribution in [0.25, 0.3) is 0 Å². The maximum Gasteiger partial charge on any atom is 0.122 e. The number of ether oxygens (including phenoxy) is 1. The highest BCUT2D eigenvalue weighted by Gasteiger charge is 2.06. The summed E-state index contributed by atoms with van der Waals surface area (Å²) in [7, 11) is 1.67. The zero-order chi connectivity index (χ0) is 17.6. The Balaban J connectivity index is 1.68. The van der Waals surface area contributed by atoms with E-state index in [4.69, 9.17) is 15.9 Å². The summed E-state index contributed by atoms with van der Waals surface area (Å²) in [5, 5.41) is 7.56. The number of nitrogens with zero attached hydrogens (tertiary/aromatic N) is 2. The number of hydrogen-bond donors (Lipinski definition) is 2. The van der Waals surface area contributed by atoms with Crippen molar-refractivity contribution in [3.05, 3.63) is 83.4 Å². The van der Waals surface area contributed by atoms with E-state index >= 15 is 0 Å². The minimum Gasteiger partial charge on any atom is -0.497 e. The molecule has 128 valence electrons. The van der Waals surface area contributed by atoms with Gasteiger partial charge in [-0.25, -0.2) is 4.98 Å². The number of aryl methyl sites for hydroxylation is 2. The first kappa shape index (κ1) is 16.8. The molecule has 5 nitrogen and oxygen atoms in total. The minimum atomic E-state index is 0.0900. The quantitative estimate of drug-likeness (QED) is 0.515. The maximum absolute atomic E-state index is 7.56. The molecule has 3 aromatic rings. The fraction of sp³-hybridized carbons (Fsp3) is 0.200. The summed E-state index contributed by atoms with van der Waals surface area (Å²) in [6.45, 7) is 0.721. The standard InChI is InChI=1S/C20H22N4O/c1-25-18-8-5-15(6-9-18)7-10-19-23-11-12-24(19)14-16-3-2-4-17(13-16)20(21)22/h2-6,8-9,11-13H,7,10,14H2,1H3,(H3,21,22). The zero-order valence-electron chi connectivity index (χ0n) is 14.3. The molecule has 0 radical (unpaired) electrons. The molecule has 2 aromatic carbocycles. The number of rotatable bonds is 7. The Labute approximate surface area is 147 Å². The number of amidine groups is 1. The van der Waals surface area contributed by atoms with E-state index in [1.54, 1.807) is 7.11 Å². The van der Waals surface area contributed by atoms with Crippen molar-refractivity contribution in [2.45, 2.75) is 19.4 Å². The predicted molar refractivity (Wildman–Crippen MR) is 99.2 cm³/mol. The van der Waals surface area contributed by atoms with Crippen molar-refractivity contribution in [2.75, 3.05) is 7.11 Å².